The molecule has 0 saturated carbocycles. The van der Waals surface area contributed by atoms with Crippen LogP contribution in [0.15, 0.2) is 41.5 Å². The van der Waals surface area contributed by atoms with E-state index in [4.69, 9.17) is 12.2 Å². The third kappa shape index (κ3) is 4.60. The second-order valence-corrected chi connectivity index (χ2v) is 8.36. The van der Waals surface area contributed by atoms with Crippen LogP contribution in [0.2, 0.25) is 0 Å². The van der Waals surface area contributed by atoms with Crippen molar-refractivity contribution in [2.75, 3.05) is 31.1 Å². The number of hydrogen-bond acceptors (Lipinski definition) is 7. The molecule has 3 aromatic rings. The summed E-state index contributed by atoms with van der Waals surface area (Å²) in [6.07, 6.45) is 2.70. The molecule has 0 bridgehead atoms. The highest BCUT2D eigenvalue weighted by molar-refractivity contribution is 7.80. The number of amides is 1. The van der Waals surface area contributed by atoms with Gasteiger partial charge in [0.1, 0.15) is 11.2 Å². The van der Waals surface area contributed by atoms with E-state index in [1.807, 2.05) is 41.8 Å². The van der Waals surface area contributed by atoms with Crippen molar-refractivity contribution in [2.24, 2.45) is 0 Å². The first kappa shape index (κ1) is 23.3. The maximum absolute atomic E-state index is 12.5. The first-order valence-electron chi connectivity index (χ1n) is 10.8. The Morgan fingerprint density at radius 3 is 2.59 bits per heavy atom. The minimum Gasteiger partial charge on any atom is -0.477 e. The number of benzene rings is 1. The summed E-state index contributed by atoms with van der Waals surface area (Å²) in [4.78, 5) is 49.2. The normalized spacial score (nSPS) is 13.7. The molecule has 0 radical (unpaired) electrons. The number of carboxylic acid groups (broad SMARTS) is 1. The molecule has 1 aromatic carbocycles. The van der Waals surface area contributed by atoms with Gasteiger partial charge < -0.3 is 19.5 Å². The van der Waals surface area contributed by atoms with Gasteiger partial charge in [0.15, 0.2) is 5.11 Å². The quantitative estimate of drug-likeness (QED) is 0.537. The highest BCUT2D eigenvalue weighted by Gasteiger charge is 2.23. The van der Waals surface area contributed by atoms with Crippen molar-refractivity contribution >= 4 is 46.2 Å². The van der Waals surface area contributed by atoms with Gasteiger partial charge in [-0.25, -0.2) is 9.78 Å². The van der Waals surface area contributed by atoms with E-state index in [9.17, 15) is 19.5 Å². The number of nitrogens with zero attached hydrogens (tertiary/aromatic N) is 5. The lowest BCUT2D eigenvalue weighted by molar-refractivity contribution is 0.0694. The summed E-state index contributed by atoms with van der Waals surface area (Å²) in [5, 5.41) is 12.6. The monoisotopic (exact) mass is 480 g/mol. The first-order chi connectivity index (χ1) is 16.3. The number of anilines is 1. The number of pyridine rings is 1. The molecule has 0 aliphatic carbocycles. The van der Waals surface area contributed by atoms with Gasteiger partial charge in [0.2, 0.25) is 11.4 Å². The number of carboxylic acids is 1. The maximum atomic E-state index is 12.5. The summed E-state index contributed by atoms with van der Waals surface area (Å²) >= 11 is 5.44. The van der Waals surface area contributed by atoms with E-state index in [0.717, 1.165) is 5.56 Å². The number of rotatable bonds is 4. The smallest absolute Gasteiger partial charge is 0.341 e. The molecule has 34 heavy (non-hydrogen) atoms. The van der Waals surface area contributed by atoms with Crippen molar-refractivity contribution in [1.82, 2.24) is 24.8 Å². The summed E-state index contributed by atoms with van der Waals surface area (Å²) in [6.45, 7) is 6.48. The second kappa shape index (κ2) is 9.56. The van der Waals surface area contributed by atoms with Crippen molar-refractivity contribution in [3.63, 3.8) is 0 Å². The Bertz CT molecular complexity index is 1350. The summed E-state index contributed by atoms with van der Waals surface area (Å²) < 4.78 is 1.64. The lowest BCUT2D eigenvalue weighted by Gasteiger charge is -2.36. The molecule has 1 aliphatic rings. The largest absolute Gasteiger partial charge is 0.477 e. The number of aryl methyl sites for hydroxylation is 2. The highest BCUT2D eigenvalue weighted by Crippen LogP contribution is 2.16. The molecule has 0 unspecified atom stereocenters. The molecule has 0 atom stereocenters. The zero-order chi connectivity index (χ0) is 24.4. The topological polar surface area (TPSA) is 121 Å². The molecule has 1 aliphatic heterocycles. The number of carbonyl (C=O) groups is 2. The van der Waals surface area contributed by atoms with E-state index in [0.29, 0.717) is 55.0 Å². The number of carbonyl (C=O) groups excluding carboxylic acids is 1. The van der Waals surface area contributed by atoms with Gasteiger partial charge in [0.25, 0.3) is 5.91 Å². The average molecular weight is 481 g/mol. The SMILES string of the molecule is CCn1cc(C(=O)O)c(=O)c2cnc(N3CCN(C(=S)NC(=O)c4cccc(C)c4)CC3)nc21. The van der Waals surface area contributed by atoms with Crippen LogP contribution in [-0.2, 0) is 6.54 Å². The highest BCUT2D eigenvalue weighted by atomic mass is 32.1. The first-order valence-corrected chi connectivity index (χ1v) is 11.2. The zero-order valence-electron chi connectivity index (χ0n) is 18.8. The molecule has 0 spiro atoms. The average Bonchev–Trinajstić information content (AvgIpc) is 2.84. The van der Waals surface area contributed by atoms with Gasteiger partial charge in [-0.3, -0.25) is 14.9 Å². The predicted molar refractivity (Wildman–Crippen MR) is 131 cm³/mol. The molecule has 4 rings (SSSR count). The standard InChI is InChI=1S/C23H24N6O4S/c1-3-27-13-17(21(32)33)18(30)16-12-24-22(25-19(16)27)28-7-9-29(10-8-28)23(34)26-20(31)15-6-4-5-14(2)11-15/h4-6,11-13H,3,7-10H2,1-2H3,(H,32,33)(H,26,31,34). The molecular weight excluding hydrogens is 456 g/mol. The molecule has 3 heterocycles. The minimum atomic E-state index is -1.28. The number of piperazine rings is 1. The van der Waals surface area contributed by atoms with Gasteiger partial charge in [-0.05, 0) is 38.2 Å². The Morgan fingerprint density at radius 2 is 1.94 bits per heavy atom. The number of aromatic carboxylic acids is 1. The van der Waals surface area contributed by atoms with Crippen LogP contribution in [0.5, 0.6) is 0 Å². The number of fused-ring (bicyclic) bond motifs is 1. The van der Waals surface area contributed by atoms with Crippen molar-refractivity contribution < 1.29 is 14.7 Å². The van der Waals surface area contributed by atoms with Gasteiger partial charge in [-0.15, -0.1) is 0 Å². The Hall–Kier alpha value is -3.86. The molecule has 1 amide bonds. The van der Waals surface area contributed by atoms with Crippen molar-refractivity contribution in [3.05, 3.63) is 63.6 Å². The molecule has 10 nitrogen and oxygen atoms in total. The summed E-state index contributed by atoms with van der Waals surface area (Å²) in [6, 6.07) is 7.31. The maximum Gasteiger partial charge on any atom is 0.341 e. The third-order valence-electron chi connectivity index (χ3n) is 5.72. The number of nitrogens with one attached hydrogen (secondary N) is 1. The van der Waals surface area contributed by atoms with Crippen molar-refractivity contribution in [1.29, 1.82) is 0 Å². The number of aromatic nitrogens is 3. The van der Waals surface area contributed by atoms with E-state index >= 15 is 0 Å². The molecule has 11 heteroatoms. The number of thiocarbonyl (C=S) groups is 1. The summed E-state index contributed by atoms with van der Waals surface area (Å²) in [5.41, 5.74) is 1.04. The van der Waals surface area contributed by atoms with E-state index in [-0.39, 0.29) is 16.9 Å². The van der Waals surface area contributed by atoms with Crippen LogP contribution in [0.25, 0.3) is 11.0 Å². The lowest BCUT2D eigenvalue weighted by atomic mass is 10.1. The molecule has 176 valence electrons. The van der Waals surface area contributed by atoms with Gasteiger partial charge >= 0.3 is 5.97 Å². The summed E-state index contributed by atoms with van der Waals surface area (Å²) in [5.74, 6) is -1.07. The fourth-order valence-corrected chi connectivity index (χ4v) is 4.13. The van der Waals surface area contributed by atoms with E-state index in [2.05, 4.69) is 15.3 Å². The Morgan fingerprint density at radius 1 is 1.21 bits per heavy atom. The Balaban J connectivity index is 1.46. The van der Waals surface area contributed by atoms with Crippen LogP contribution in [-0.4, -0.2) is 67.7 Å². The molecule has 1 saturated heterocycles. The van der Waals surface area contributed by atoms with Gasteiger partial charge in [0, 0.05) is 50.7 Å². The fourth-order valence-electron chi connectivity index (χ4n) is 3.85. The van der Waals surface area contributed by atoms with Crippen LogP contribution in [0.3, 0.4) is 0 Å². The van der Waals surface area contributed by atoms with Crippen molar-refractivity contribution in [2.45, 2.75) is 20.4 Å². The Kier molecular flexibility index (Phi) is 6.55. The molecule has 2 aromatic heterocycles. The van der Waals surface area contributed by atoms with E-state index in [1.54, 1.807) is 10.6 Å². The van der Waals surface area contributed by atoms with Gasteiger partial charge in [0.05, 0.1) is 5.39 Å². The molecular formula is C23H24N6O4S. The van der Waals surface area contributed by atoms with Crippen LogP contribution < -0.4 is 15.6 Å². The lowest BCUT2D eigenvalue weighted by Crippen LogP contribution is -2.53. The third-order valence-corrected chi connectivity index (χ3v) is 6.08. The molecule has 2 N–H and O–H groups in total. The van der Waals surface area contributed by atoms with Crippen LogP contribution >= 0.6 is 12.2 Å². The minimum absolute atomic E-state index is 0.171. The van der Waals surface area contributed by atoms with Crippen LogP contribution in [0.1, 0.15) is 33.2 Å². The number of hydrogen-bond donors (Lipinski definition) is 2. The van der Waals surface area contributed by atoms with E-state index < -0.39 is 11.4 Å². The predicted octanol–water partition coefficient (Wildman–Crippen LogP) is 1.65. The second-order valence-electron chi connectivity index (χ2n) is 7.97. The van der Waals surface area contributed by atoms with Gasteiger partial charge in [-0.1, -0.05) is 17.7 Å². The van der Waals surface area contributed by atoms with Crippen LogP contribution in [0.4, 0.5) is 5.95 Å². The molecule has 1 fully saturated rings. The summed E-state index contributed by atoms with van der Waals surface area (Å²) in [7, 11) is 0. The van der Waals surface area contributed by atoms with Crippen molar-refractivity contribution in [3.8, 4) is 0 Å². The van der Waals surface area contributed by atoms with Crippen LogP contribution in [0, 0.1) is 6.92 Å². The zero-order valence-corrected chi connectivity index (χ0v) is 19.6. The van der Waals surface area contributed by atoms with E-state index in [1.165, 1.54) is 12.4 Å². The Labute approximate surface area is 200 Å². The van der Waals surface area contributed by atoms with Gasteiger partial charge in [-0.2, -0.15) is 4.98 Å². The fraction of sp³-hybridized carbons (Fsp3) is 0.304.